The molecule has 0 amide bonds. The summed E-state index contributed by atoms with van der Waals surface area (Å²) in [4.78, 5) is 26.4. The van der Waals surface area contributed by atoms with Gasteiger partial charge in [0.25, 0.3) is 0 Å². The summed E-state index contributed by atoms with van der Waals surface area (Å²) in [6.45, 7) is 5.84. The van der Waals surface area contributed by atoms with Gasteiger partial charge in [-0.05, 0) is 43.0 Å². The third kappa shape index (κ3) is 4.91. The first-order chi connectivity index (χ1) is 14.1. The molecule has 29 heavy (non-hydrogen) atoms. The molecule has 0 radical (unpaired) electrons. The van der Waals surface area contributed by atoms with Crippen LogP contribution in [0.25, 0.3) is 6.08 Å². The fraction of sp³-hybridized carbons (Fsp3) is 0.200. The highest BCUT2D eigenvalue weighted by molar-refractivity contribution is 6.27. The molecule has 1 heterocycles. The predicted molar refractivity (Wildman–Crippen MR) is 120 cm³/mol. The molecule has 0 spiro atoms. The van der Waals surface area contributed by atoms with Crippen LogP contribution in [0.4, 0.5) is 11.4 Å². The molecule has 0 unspecified atom stereocenters. The number of allylic oxidation sites excluding steroid dienone is 3. The number of rotatable bonds is 9. The van der Waals surface area contributed by atoms with Gasteiger partial charge >= 0.3 is 0 Å². The van der Waals surface area contributed by atoms with Crippen molar-refractivity contribution in [1.29, 1.82) is 0 Å². The molecule has 0 bridgehead atoms. The van der Waals surface area contributed by atoms with Gasteiger partial charge in [0.05, 0.1) is 11.4 Å². The van der Waals surface area contributed by atoms with Gasteiger partial charge in [0, 0.05) is 12.0 Å². The van der Waals surface area contributed by atoms with Gasteiger partial charge in [0.15, 0.2) is 11.6 Å². The maximum atomic E-state index is 13.3. The summed E-state index contributed by atoms with van der Waals surface area (Å²) in [7, 11) is 0. The Morgan fingerprint density at radius 3 is 2.38 bits per heavy atom. The van der Waals surface area contributed by atoms with E-state index in [4.69, 9.17) is 0 Å². The molecule has 0 saturated heterocycles. The topological polar surface area (TPSA) is 58.2 Å². The molecule has 0 atom stereocenters. The van der Waals surface area contributed by atoms with Crippen molar-refractivity contribution >= 4 is 29.0 Å². The first-order valence-corrected chi connectivity index (χ1v) is 9.96. The lowest BCUT2D eigenvalue weighted by Gasteiger charge is -2.11. The van der Waals surface area contributed by atoms with E-state index in [2.05, 4.69) is 36.3 Å². The first kappa shape index (κ1) is 20.3. The zero-order valence-corrected chi connectivity index (χ0v) is 16.7. The highest BCUT2D eigenvalue weighted by Crippen LogP contribution is 2.32. The fourth-order valence-electron chi connectivity index (χ4n) is 3.25. The second-order valence-electron chi connectivity index (χ2n) is 6.90. The molecular formula is C25H26N2O2. The summed E-state index contributed by atoms with van der Waals surface area (Å²) < 4.78 is 0. The van der Waals surface area contributed by atoms with Gasteiger partial charge < -0.3 is 10.6 Å². The summed E-state index contributed by atoms with van der Waals surface area (Å²) in [6.07, 6.45) is 8.69. The smallest absolute Gasteiger partial charge is 0.200 e. The summed E-state index contributed by atoms with van der Waals surface area (Å²) in [6, 6.07) is 14.8. The third-order valence-corrected chi connectivity index (χ3v) is 4.76. The molecule has 3 rings (SSSR count). The Kier molecular flexibility index (Phi) is 6.80. The van der Waals surface area contributed by atoms with E-state index < -0.39 is 0 Å². The van der Waals surface area contributed by atoms with Crippen LogP contribution in [0, 0.1) is 0 Å². The molecule has 148 valence electrons. The van der Waals surface area contributed by atoms with Crippen LogP contribution in [0.3, 0.4) is 0 Å². The molecule has 0 aromatic heterocycles. The zero-order chi connectivity index (χ0) is 20.6. The average Bonchev–Trinajstić information content (AvgIpc) is 3.17. The molecule has 1 aliphatic rings. The first-order valence-electron chi connectivity index (χ1n) is 9.96. The molecule has 4 heteroatoms. The Bertz CT molecular complexity index is 959. The van der Waals surface area contributed by atoms with Crippen molar-refractivity contribution in [2.75, 3.05) is 10.6 Å². The van der Waals surface area contributed by atoms with Gasteiger partial charge in [0.2, 0.25) is 0 Å². The minimum atomic E-state index is -0.286. The van der Waals surface area contributed by atoms with Crippen molar-refractivity contribution in [3.63, 3.8) is 0 Å². The van der Waals surface area contributed by atoms with Crippen LogP contribution in [-0.4, -0.2) is 11.6 Å². The quantitative estimate of drug-likeness (QED) is 0.139. The third-order valence-electron chi connectivity index (χ3n) is 4.76. The zero-order valence-electron chi connectivity index (χ0n) is 16.7. The van der Waals surface area contributed by atoms with Gasteiger partial charge in [0.1, 0.15) is 11.4 Å². The second kappa shape index (κ2) is 9.69. The van der Waals surface area contributed by atoms with Gasteiger partial charge in [-0.2, -0.15) is 0 Å². The van der Waals surface area contributed by atoms with Crippen molar-refractivity contribution < 1.29 is 9.59 Å². The van der Waals surface area contributed by atoms with E-state index in [1.165, 1.54) is 0 Å². The van der Waals surface area contributed by atoms with E-state index in [0.29, 0.717) is 24.2 Å². The minimum absolute atomic E-state index is 0.160. The number of unbranched alkanes of at least 4 members (excludes halogenated alkanes) is 1. The average molecular weight is 386 g/mol. The van der Waals surface area contributed by atoms with Crippen molar-refractivity contribution in [3.8, 4) is 0 Å². The van der Waals surface area contributed by atoms with E-state index >= 15 is 0 Å². The molecule has 4 nitrogen and oxygen atoms in total. The summed E-state index contributed by atoms with van der Waals surface area (Å²) in [5.74, 6) is 0.00613. The molecule has 1 aliphatic heterocycles. The number of fused-ring (bicyclic) bond motifs is 1. The second-order valence-corrected chi connectivity index (χ2v) is 6.90. The molecule has 0 saturated carbocycles. The van der Waals surface area contributed by atoms with E-state index in [-0.39, 0.29) is 17.1 Å². The lowest BCUT2D eigenvalue weighted by atomic mass is 9.95. The number of carbonyl (C=O) groups is 2. The normalized spacial score (nSPS) is 12.2. The number of hydrogen-bond acceptors (Lipinski definition) is 4. The van der Waals surface area contributed by atoms with Crippen LogP contribution in [-0.2, 0) is 4.79 Å². The van der Waals surface area contributed by atoms with Gasteiger partial charge in [-0.25, -0.2) is 0 Å². The van der Waals surface area contributed by atoms with E-state index in [1.54, 1.807) is 24.3 Å². The number of carbonyl (C=O) groups excluding carboxylic acids is 2. The van der Waals surface area contributed by atoms with Crippen LogP contribution in [0.5, 0.6) is 0 Å². The monoisotopic (exact) mass is 386 g/mol. The molecule has 2 aromatic carbocycles. The SMILES string of the molecule is C=Cc1cccc(C(=O)C(C(=O)CCC/C=C\CC)=C2Nc3ccccc3N2)c1. The number of hydrogen-bond donors (Lipinski definition) is 2. The minimum Gasteiger partial charge on any atom is -0.339 e. The van der Waals surface area contributed by atoms with E-state index in [9.17, 15) is 9.59 Å². The van der Waals surface area contributed by atoms with Crippen molar-refractivity contribution in [1.82, 2.24) is 0 Å². The lowest BCUT2D eigenvalue weighted by Crippen LogP contribution is -2.20. The number of Topliss-reactive ketones (excluding diaryl/α,β-unsaturated/α-hetero) is 2. The summed E-state index contributed by atoms with van der Waals surface area (Å²) >= 11 is 0. The highest BCUT2D eigenvalue weighted by atomic mass is 16.1. The van der Waals surface area contributed by atoms with Crippen molar-refractivity contribution in [2.24, 2.45) is 0 Å². The van der Waals surface area contributed by atoms with Crippen LogP contribution in [0.2, 0.25) is 0 Å². The van der Waals surface area contributed by atoms with E-state index in [0.717, 1.165) is 29.8 Å². The standard InChI is InChI=1S/C25H26N2O2/c1-3-5-6-7-8-16-22(28)23(24(29)19-13-11-12-18(4-2)17-19)25-26-20-14-9-10-15-21(20)27-25/h4-6,9-15,17,26-27H,2-3,7-8,16H2,1H3/b6-5-. The number of ketones is 2. The maximum Gasteiger partial charge on any atom is 0.200 e. The van der Waals surface area contributed by atoms with Crippen LogP contribution < -0.4 is 10.6 Å². The van der Waals surface area contributed by atoms with Crippen LogP contribution >= 0.6 is 0 Å². The van der Waals surface area contributed by atoms with Crippen molar-refractivity contribution in [3.05, 3.63) is 89.8 Å². The molecule has 2 aromatic rings. The largest absolute Gasteiger partial charge is 0.339 e. The van der Waals surface area contributed by atoms with Crippen LogP contribution in [0.15, 0.2) is 78.7 Å². The molecule has 2 N–H and O–H groups in total. The van der Waals surface area contributed by atoms with Gasteiger partial charge in [-0.3, -0.25) is 9.59 Å². The van der Waals surface area contributed by atoms with Crippen molar-refractivity contribution in [2.45, 2.75) is 32.6 Å². The van der Waals surface area contributed by atoms with Crippen LogP contribution in [0.1, 0.15) is 48.5 Å². The Morgan fingerprint density at radius 2 is 1.72 bits per heavy atom. The maximum absolute atomic E-state index is 13.3. The number of nitrogens with one attached hydrogen (secondary N) is 2. The summed E-state index contributed by atoms with van der Waals surface area (Å²) in [5, 5.41) is 6.40. The molecule has 0 aliphatic carbocycles. The van der Waals surface area contributed by atoms with E-state index in [1.807, 2.05) is 30.3 Å². The Labute approximate surface area is 172 Å². The number of para-hydroxylation sites is 2. The lowest BCUT2D eigenvalue weighted by molar-refractivity contribution is -0.115. The molecule has 0 fully saturated rings. The summed E-state index contributed by atoms with van der Waals surface area (Å²) in [5.41, 5.74) is 3.19. The number of benzene rings is 2. The Balaban J connectivity index is 1.91. The van der Waals surface area contributed by atoms with Gasteiger partial charge in [-0.1, -0.05) is 62.1 Å². The fourth-order valence-corrected chi connectivity index (χ4v) is 3.25. The Morgan fingerprint density at radius 1 is 1.00 bits per heavy atom. The van der Waals surface area contributed by atoms with Gasteiger partial charge in [-0.15, -0.1) is 0 Å². The molecular weight excluding hydrogens is 360 g/mol. The highest BCUT2D eigenvalue weighted by Gasteiger charge is 2.27. The Hall–Kier alpha value is -3.40. The number of anilines is 2. The predicted octanol–water partition coefficient (Wildman–Crippen LogP) is 5.97.